The van der Waals surface area contributed by atoms with Crippen molar-refractivity contribution in [2.75, 3.05) is 26.3 Å². The van der Waals surface area contributed by atoms with Crippen LogP contribution in [-0.2, 0) is 6.42 Å². The van der Waals surface area contributed by atoms with Gasteiger partial charge in [-0.25, -0.2) is 0 Å². The summed E-state index contributed by atoms with van der Waals surface area (Å²) in [6.45, 7) is 1.54. The molecule has 106 valence electrons. The fourth-order valence-corrected chi connectivity index (χ4v) is 1.83. The smallest absolute Gasteiger partial charge is 0.390 e. The van der Waals surface area contributed by atoms with E-state index < -0.39 is 12.6 Å². The molecule has 0 aliphatic carbocycles. The van der Waals surface area contributed by atoms with E-state index in [0.717, 1.165) is 11.3 Å². The Balaban J connectivity index is 1.74. The van der Waals surface area contributed by atoms with E-state index in [1.165, 1.54) is 0 Å². The minimum absolute atomic E-state index is 0.0476. The van der Waals surface area contributed by atoms with Crippen LogP contribution in [0.3, 0.4) is 0 Å². The predicted molar refractivity (Wildman–Crippen MR) is 64.7 cm³/mol. The number of benzene rings is 1. The number of alkyl halides is 3. The highest BCUT2D eigenvalue weighted by molar-refractivity contribution is 5.43. The second-order valence-electron chi connectivity index (χ2n) is 4.34. The van der Waals surface area contributed by atoms with Crippen molar-refractivity contribution in [3.8, 4) is 11.5 Å². The molecule has 3 nitrogen and oxygen atoms in total. The normalized spacial score (nSPS) is 14.5. The molecule has 0 spiro atoms. The van der Waals surface area contributed by atoms with E-state index in [2.05, 4.69) is 5.32 Å². The van der Waals surface area contributed by atoms with Gasteiger partial charge < -0.3 is 14.8 Å². The van der Waals surface area contributed by atoms with Crippen molar-refractivity contribution in [2.45, 2.75) is 19.0 Å². The van der Waals surface area contributed by atoms with Crippen LogP contribution in [0, 0.1) is 0 Å². The van der Waals surface area contributed by atoms with Crippen molar-refractivity contribution >= 4 is 0 Å². The first kappa shape index (κ1) is 14.0. The van der Waals surface area contributed by atoms with E-state index in [9.17, 15) is 13.2 Å². The molecule has 2 rings (SSSR count). The average Bonchev–Trinajstić information content (AvgIpc) is 2.37. The number of nitrogens with one attached hydrogen (secondary N) is 1. The predicted octanol–water partition coefficient (Wildman–Crippen LogP) is 2.54. The van der Waals surface area contributed by atoms with E-state index in [1.54, 1.807) is 0 Å². The molecular formula is C13H16F3NO2. The molecule has 0 saturated carbocycles. The van der Waals surface area contributed by atoms with Gasteiger partial charge in [-0.3, -0.25) is 0 Å². The van der Waals surface area contributed by atoms with Crippen LogP contribution in [0.15, 0.2) is 18.2 Å². The van der Waals surface area contributed by atoms with Crippen LogP contribution in [0.1, 0.15) is 12.0 Å². The highest BCUT2D eigenvalue weighted by atomic mass is 19.4. The van der Waals surface area contributed by atoms with E-state index in [0.29, 0.717) is 31.9 Å². The number of fused-ring (bicyclic) bond motifs is 1. The number of rotatable bonds is 5. The molecular weight excluding hydrogens is 259 g/mol. The van der Waals surface area contributed by atoms with Gasteiger partial charge in [0, 0.05) is 6.54 Å². The Labute approximate surface area is 109 Å². The zero-order chi connectivity index (χ0) is 13.7. The lowest BCUT2D eigenvalue weighted by Crippen LogP contribution is -2.23. The Morgan fingerprint density at radius 1 is 1.05 bits per heavy atom. The quantitative estimate of drug-likeness (QED) is 0.838. The molecule has 0 bridgehead atoms. The zero-order valence-corrected chi connectivity index (χ0v) is 10.4. The van der Waals surface area contributed by atoms with Crippen LogP contribution in [-0.4, -0.2) is 32.5 Å². The van der Waals surface area contributed by atoms with Gasteiger partial charge in [0.2, 0.25) is 0 Å². The lowest BCUT2D eigenvalue weighted by atomic mass is 10.1. The Morgan fingerprint density at radius 3 is 2.53 bits per heavy atom. The van der Waals surface area contributed by atoms with Crippen LogP contribution in [0.4, 0.5) is 13.2 Å². The maximum atomic E-state index is 11.9. The van der Waals surface area contributed by atoms with Gasteiger partial charge in [0.1, 0.15) is 13.2 Å². The molecule has 1 aromatic rings. The van der Waals surface area contributed by atoms with Crippen molar-refractivity contribution in [2.24, 2.45) is 0 Å². The van der Waals surface area contributed by atoms with Crippen LogP contribution >= 0.6 is 0 Å². The maximum absolute atomic E-state index is 11.9. The van der Waals surface area contributed by atoms with Gasteiger partial charge >= 0.3 is 6.18 Å². The molecule has 0 aromatic heterocycles. The molecule has 1 aliphatic heterocycles. The number of halogens is 3. The third-order valence-electron chi connectivity index (χ3n) is 2.78. The van der Waals surface area contributed by atoms with Crippen molar-refractivity contribution in [1.82, 2.24) is 5.32 Å². The molecule has 1 aliphatic rings. The summed E-state index contributed by atoms with van der Waals surface area (Å²) in [4.78, 5) is 0. The first-order chi connectivity index (χ1) is 9.04. The third kappa shape index (κ3) is 4.63. The Bertz CT molecular complexity index is 421. The molecule has 6 heteroatoms. The summed E-state index contributed by atoms with van der Waals surface area (Å²) in [7, 11) is 0. The van der Waals surface area contributed by atoms with Gasteiger partial charge in [-0.2, -0.15) is 13.2 Å². The second-order valence-corrected chi connectivity index (χ2v) is 4.34. The largest absolute Gasteiger partial charge is 0.486 e. The first-order valence-electron chi connectivity index (χ1n) is 6.20. The van der Waals surface area contributed by atoms with Crippen molar-refractivity contribution in [3.63, 3.8) is 0 Å². The summed E-state index contributed by atoms with van der Waals surface area (Å²) in [6.07, 6.45) is -4.23. The number of hydrogen-bond acceptors (Lipinski definition) is 3. The average molecular weight is 275 g/mol. The summed E-state index contributed by atoms with van der Waals surface area (Å²) in [6, 6.07) is 5.61. The maximum Gasteiger partial charge on any atom is 0.390 e. The highest BCUT2D eigenvalue weighted by Gasteiger charge is 2.25. The summed E-state index contributed by atoms with van der Waals surface area (Å²) in [5.74, 6) is 1.43. The van der Waals surface area contributed by atoms with Crippen molar-refractivity contribution < 1.29 is 22.6 Å². The van der Waals surface area contributed by atoms with E-state index in [4.69, 9.17) is 9.47 Å². The van der Waals surface area contributed by atoms with E-state index >= 15 is 0 Å². The molecule has 1 aromatic carbocycles. The standard InChI is InChI=1S/C13H16F3NO2/c14-13(15,16)4-6-17-5-3-10-1-2-11-12(9-10)19-8-7-18-11/h1-2,9,17H,3-8H2. The molecule has 0 radical (unpaired) electrons. The summed E-state index contributed by atoms with van der Waals surface area (Å²) in [5.41, 5.74) is 1.02. The lowest BCUT2D eigenvalue weighted by Gasteiger charge is -2.18. The van der Waals surface area contributed by atoms with Gasteiger partial charge in [0.15, 0.2) is 11.5 Å². The fraction of sp³-hybridized carbons (Fsp3) is 0.538. The second kappa shape index (κ2) is 6.14. The van der Waals surface area contributed by atoms with Gasteiger partial charge in [0.05, 0.1) is 6.42 Å². The Morgan fingerprint density at radius 2 is 1.79 bits per heavy atom. The highest BCUT2D eigenvalue weighted by Crippen LogP contribution is 2.30. The Hall–Kier alpha value is -1.43. The van der Waals surface area contributed by atoms with Gasteiger partial charge in [-0.05, 0) is 30.7 Å². The minimum Gasteiger partial charge on any atom is -0.486 e. The molecule has 19 heavy (non-hydrogen) atoms. The van der Waals surface area contributed by atoms with Crippen LogP contribution in [0.2, 0.25) is 0 Å². The van der Waals surface area contributed by atoms with Crippen LogP contribution < -0.4 is 14.8 Å². The molecule has 0 unspecified atom stereocenters. The first-order valence-corrected chi connectivity index (χ1v) is 6.20. The van der Waals surface area contributed by atoms with Gasteiger partial charge in [-0.1, -0.05) is 6.07 Å². The van der Waals surface area contributed by atoms with E-state index in [1.807, 2.05) is 18.2 Å². The molecule has 1 heterocycles. The molecule has 0 saturated heterocycles. The fourth-order valence-electron chi connectivity index (χ4n) is 1.83. The monoisotopic (exact) mass is 275 g/mol. The van der Waals surface area contributed by atoms with Crippen LogP contribution in [0.25, 0.3) is 0 Å². The topological polar surface area (TPSA) is 30.5 Å². The van der Waals surface area contributed by atoms with Gasteiger partial charge in [0.25, 0.3) is 0 Å². The molecule has 1 N–H and O–H groups in total. The summed E-state index contributed by atoms with van der Waals surface area (Å²) >= 11 is 0. The lowest BCUT2D eigenvalue weighted by molar-refractivity contribution is -0.133. The minimum atomic E-state index is -4.09. The molecule has 0 atom stereocenters. The van der Waals surface area contributed by atoms with Crippen molar-refractivity contribution in [3.05, 3.63) is 23.8 Å². The Kier molecular flexibility index (Phi) is 4.52. The number of hydrogen-bond donors (Lipinski definition) is 1. The third-order valence-corrected chi connectivity index (χ3v) is 2.78. The molecule has 0 fully saturated rings. The number of ether oxygens (including phenoxy) is 2. The summed E-state index contributed by atoms with van der Waals surface area (Å²) < 4.78 is 46.6. The van der Waals surface area contributed by atoms with Crippen molar-refractivity contribution in [1.29, 1.82) is 0 Å². The summed E-state index contributed by atoms with van der Waals surface area (Å²) in [5, 5.41) is 2.78. The molecule has 0 amide bonds. The SMILES string of the molecule is FC(F)(F)CCNCCc1ccc2c(c1)OCCO2. The van der Waals surface area contributed by atoms with Crippen LogP contribution in [0.5, 0.6) is 11.5 Å². The van der Waals surface area contributed by atoms with E-state index in [-0.39, 0.29) is 6.54 Å². The van der Waals surface area contributed by atoms with Gasteiger partial charge in [-0.15, -0.1) is 0 Å². The zero-order valence-electron chi connectivity index (χ0n) is 10.4.